The average Bonchev–Trinajstić information content (AvgIpc) is 2.90. The van der Waals surface area contributed by atoms with Crippen molar-refractivity contribution in [2.24, 2.45) is 0 Å². The number of aromatic nitrogens is 2. The molecular formula is C15H15N3O2. The summed E-state index contributed by atoms with van der Waals surface area (Å²) in [5.74, 6) is 1.61. The molecule has 102 valence electrons. The molecule has 2 heterocycles. The first-order chi connectivity index (χ1) is 9.78. The lowest BCUT2D eigenvalue weighted by Crippen LogP contribution is -2.20. The summed E-state index contributed by atoms with van der Waals surface area (Å²) in [7, 11) is 1.86. The van der Waals surface area contributed by atoms with Gasteiger partial charge in [-0.15, -0.1) is 0 Å². The van der Waals surface area contributed by atoms with Gasteiger partial charge in [0.25, 0.3) is 5.56 Å². The first-order valence-corrected chi connectivity index (χ1v) is 6.44. The van der Waals surface area contributed by atoms with Gasteiger partial charge in [-0.05, 0) is 31.3 Å². The molecule has 0 fully saturated rings. The molecule has 3 aromatic rings. The van der Waals surface area contributed by atoms with Gasteiger partial charge in [-0.3, -0.25) is 9.36 Å². The summed E-state index contributed by atoms with van der Waals surface area (Å²) in [4.78, 5) is 16.2. The van der Waals surface area contributed by atoms with Crippen LogP contribution >= 0.6 is 0 Å². The molecular weight excluding hydrogens is 254 g/mol. The van der Waals surface area contributed by atoms with E-state index in [1.165, 1.54) is 6.20 Å². The van der Waals surface area contributed by atoms with Crippen LogP contribution in [-0.4, -0.2) is 16.6 Å². The molecule has 3 rings (SSSR count). The van der Waals surface area contributed by atoms with Crippen molar-refractivity contribution in [2.45, 2.75) is 13.1 Å². The summed E-state index contributed by atoms with van der Waals surface area (Å²) in [6.45, 7) is 1.08. The first kappa shape index (κ1) is 12.6. The van der Waals surface area contributed by atoms with Crippen molar-refractivity contribution < 1.29 is 4.42 Å². The summed E-state index contributed by atoms with van der Waals surface area (Å²) in [5, 5.41) is 3.03. The Bertz CT molecular complexity index is 789. The zero-order valence-electron chi connectivity index (χ0n) is 11.2. The highest BCUT2D eigenvalue weighted by molar-refractivity contribution is 5.74. The van der Waals surface area contributed by atoms with Crippen molar-refractivity contribution in [1.29, 1.82) is 0 Å². The van der Waals surface area contributed by atoms with Crippen LogP contribution in [0.15, 0.2) is 51.8 Å². The second kappa shape index (κ2) is 5.30. The predicted octanol–water partition coefficient (Wildman–Crippen LogP) is 1.76. The molecule has 0 radical (unpaired) electrons. The average molecular weight is 269 g/mol. The van der Waals surface area contributed by atoms with Gasteiger partial charge in [-0.25, -0.2) is 4.98 Å². The highest BCUT2D eigenvalue weighted by Crippen LogP contribution is 2.13. The minimum Gasteiger partial charge on any atom is -0.463 e. The summed E-state index contributed by atoms with van der Waals surface area (Å²) in [5.41, 5.74) is 1.48. The summed E-state index contributed by atoms with van der Waals surface area (Å²) in [6.07, 6.45) is 1.35. The Balaban J connectivity index is 2.01. The number of rotatable bonds is 4. The molecule has 1 aromatic carbocycles. The Hall–Kier alpha value is -2.40. The summed E-state index contributed by atoms with van der Waals surface area (Å²) in [6, 6.07) is 11.4. The second-order valence-corrected chi connectivity index (χ2v) is 4.57. The quantitative estimate of drug-likeness (QED) is 0.784. The number of hydrogen-bond donors (Lipinski definition) is 1. The SMILES string of the molecule is CNCc1ccc(Cn2c(=O)cnc3ccccc32)o1. The number of hydrogen-bond acceptors (Lipinski definition) is 4. The monoisotopic (exact) mass is 269 g/mol. The maximum atomic E-state index is 12.0. The topological polar surface area (TPSA) is 60.1 Å². The fourth-order valence-electron chi connectivity index (χ4n) is 2.21. The zero-order valence-corrected chi connectivity index (χ0v) is 11.2. The van der Waals surface area contributed by atoms with E-state index in [9.17, 15) is 4.79 Å². The highest BCUT2D eigenvalue weighted by Gasteiger charge is 2.07. The van der Waals surface area contributed by atoms with Gasteiger partial charge in [0.05, 0.1) is 30.3 Å². The molecule has 1 N–H and O–H groups in total. The van der Waals surface area contributed by atoms with Gasteiger partial charge >= 0.3 is 0 Å². The number of para-hydroxylation sites is 2. The lowest BCUT2D eigenvalue weighted by atomic mass is 10.3. The standard InChI is InChI=1S/C15H15N3O2/c1-16-8-11-6-7-12(20-11)10-18-14-5-3-2-4-13(14)17-9-15(18)19/h2-7,9,16H,8,10H2,1H3. The molecule has 0 bridgehead atoms. The fourth-order valence-corrected chi connectivity index (χ4v) is 2.21. The number of fused-ring (bicyclic) bond motifs is 1. The van der Waals surface area contributed by atoms with Gasteiger partial charge in [0.2, 0.25) is 0 Å². The van der Waals surface area contributed by atoms with Crippen molar-refractivity contribution in [3.63, 3.8) is 0 Å². The lowest BCUT2D eigenvalue weighted by molar-refractivity contribution is 0.444. The molecule has 0 amide bonds. The van der Waals surface area contributed by atoms with Crippen molar-refractivity contribution in [3.05, 3.63) is 64.5 Å². The summed E-state index contributed by atoms with van der Waals surface area (Å²) < 4.78 is 7.36. The predicted molar refractivity (Wildman–Crippen MR) is 76.6 cm³/mol. The molecule has 0 aliphatic carbocycles. The van der Waals surface area contributed by atoms with Crippen molar-refractivity contribution in [1.82, 2.24) is 14.9 Å². The van der Waals surface area contributed by atoms with E-state index in [4.69, 9.17) is 4.42 Å². The van der Waals surface area contributed by atoms with Crippen LogP contribution in [0.1, 0.15) is 11.5 Å². The van der Waals surface area contributed by atoms with Gasteiger partial charge in [-0.1, -0.05) is 12.1 Å². The Morgan fingerprint density at radius 2 is 2.00 bits per heavy atom. The van der Waals surface area contributed by atoms with Gasteiger partial charge in [0.15, 0.2) is 0 Å². The van der Waals surface area contributed by atoms with E-state index >= 15 is 0 Å². The van der Waals surface area contributed by atoms with Crippen molar-refractivity contribution >= 4 is 11.0 Å². The van der Waals surface area contributed by atoms with Gasteiger partial charge in [0, 0.05) is 0 Å². The Morgan fingerprint density at radius 3 is 2.85 bits per heavy atom. The normalized spacial score (nSPS) is 11.1. The number of benzene rings is 1. The lowest BCUT2D eigenvalue weighted by Gasteiger charge is -2.07. The molecule has 20 heavy (non-hydrogen) atoms. The van der Waals surface area contributed by atoms with Crippen LogP contribution < -0.4 is 10.9 Å². The molecule has 5 nitrogen and oxygen atoms in total. The molecule has 0 spiro atoms. The Labute approximate surface area is 115 Å². The minimum atomic E-state index is -0.129. The Morgan fingerprint density at radius 1 is 1.20 bits per heavy atom. The van der Waals surface area contributed by atoms with Gasteiger partial charge in [-0.2, -0.15) is 0 Å². The molecule has 0 unspecified atom stereocenters. The van der Waals surface area contributed by atoms with Gasteiger partial charge in [0.1, 0.15) is 11.5 Å². The van der Waals surface area contributed by atoms with Crippen LogP contribution in [0.4, 0.5) is 0 Å². The van der Waals surface area contributed by atoms with Crippen molar-refractivity contribution in [2.75, 3.05) is 7.05 Å². The number of nitrogens with one attached hydrogen (secondary N) is 1. The van der Waals surface area contributed by atoms with E-state index < -0.39 is 0 Å². The molecule has 0 saturated carbocycles. The third kappa shape index (κ3) is 2.35. The second-order valence-electron chi connectivity index (χ2n) is 4.57. The fraction of sp³-hybridized carbons (Fsp3) is 0.200. The zero-order chi connectivity index (χ0) is 13.9. The first-order valence-electron chi connectivity index (χ1n) is 6.44. The van der Waals surface area contributed by atoms with Crippen LogP contribution in [0.2, 0.25) is 0 Å². The molecule has 0 atom stereocenters. The summed E-state index contributed by atoms with van der Waals surface area (Å²) >= 11 is 0. The van der Waals surface area contributed by atoms with Crippen LogP contribution in [-0.2, 0) is 13.1 Å². The van der Waals surface area contributed by atoms with E-state index in [1.54, 1.807) is 4.57 Å². The molecule has 0 aliphatic rings. The van der Waals surface area contributed by atoms with E-state index in [2.05, 4.69) is 10.3 Å². The third-order valence-corrected chi connectivity index (χ3v) is 3.13. The molecule has 0 saturated heterocycles. The Kier molecular flexibility index (Phi) is 3.35. The molecule has 5 heteroatoms. The van der Waals surface area contributed by atoms with Crippen LogP contribution in [0.5, 0.6) is 0 Å². The maximum absolute atomic E-state index is 12.0. The van der Waals surface area contributed by atoms with E-state index in [0.717, 1.165) is 22.6 Å². The van der Waals surface area contributed by atoms with Crippen LogP contribution in [0, 0.1) is 0 Å². The molecule has 2 aromatic heterocycles. The van der Waals surface area contributed by atoms with Crippen LogP contribution in [0.25, 0.3) is 11.0 Å². The third-order valence-electron chi connectivity index (χ3n) is 3.13. The highest BCUT2D eigenvalue weighted by atomic mass is 16.3. The van der Waals surface area contributed by atoms with E-state index in [-0.39, 0.29) is 5.56 Å². The number of nitrogens with zero attached hydrogens (tertiary/aromatic N) is 2. The van der Waals surface area contributed by atoms with Gasteiger partial charge < -0.3 is 9.73 Å². The van der Waals surface area contributed by atoms with Crippen molar-refractivity contribution in [3.8, 4) is 0 Å². The maximum Gasteiger partial charge on any atom is 0.269 e. The van der Waals surface area contributed by atoms with Crippen LogP contribution in [0.3, 0.4) is 0 Å². The minimum absolute atomic E-state index is 0.129. The largest absolute Gasteiger partial charge is 0.463 e. The van der Waals surface area contributed by atoms with E-state index in [0.29, 0.717) is 13.1 Å². The molecule has 0 aliphatic heterocycles. The van der Waals surface area contributed by atoms with E-state index in [1.807, 2.05) is 43.4 Å². The number of furan rings is 1. The smallest absolute Gasteiger partial charge is 0.269 e.